The Morgan fingerprint density at radius 1 is 1.29 bits per heavy atom. The van der Waals surface area contributed by atoms with Crippen LogP contribution >= 0.6 is 22.9 Å². The lowest BCUT2D eigenvalue weighted by atomic mass is 10.1. The third-order valence-electron chi connectivity index (χ3n) is 5.05. The maximum Gasteiger partial charge on any atom is 0.346 e. The number of rotatable bonds is 3. The highest BCUT2D eigenvalue weighted by molar-refractivity contribution is 7.21. The molecule has 142 valence electrons. The van der Waals surface area contributed by atoms with Gasteiger partial charge >= 0.3 is 5.63 Å². The second-order valence-corrected chi connectivity index (χ2v) is 8.54. The lowest BCUT2D eigenvalue weighted by Gasteiger charge is -2.15. The van der Waals surface area contributed by atoms with E-state index in [2.05, 4.69) is 9.88 Å². The molecule has 1 atom stereocenters. The fourth-order valence-electron chi connectivity index (χ4n) is 3.65. The van der Waals surface area contributed by atoms with E-state index in [1.807, 2.05) is 36.4 Å². The Labute approximate surface area is 169 Å². The van der Waals surface area contributed by atoms with Gasteiger partial charge in [-0.25, -0.2) is 9.78 Å². The third kappa shape index (κ3) is 3.22. The molecular weight excluding hydrogens is 396 g/mol. The van der Waals surface area contributed by atoms with E-state index in [4.69, 9.17) is 16.0 Å². The van der Waals surface area contributed by atoms with Gasteiger partial charge in [-0.15, -0.1) is 11.3 Å². The number of hydrogen-bond donors (Lipinski definition) is 1. The van der Waals surface area contributed by atoms with Crippen LogP contribution in [0.25, 0.3) is 31.8 Å². The average Bonchev–Trinajstić information content (AvgIpc) is 3.28. The molecule has 0 spiro atoms. The molecule has 0 radical (unpaired) electrons. The topological polar surface area (TPSA) is 66.6 Å². The number of thiazole rings is 1. The van der Waals surface area contributed by atoms with Crippen LogP contribution in [0.2, 0.25) is 5.02 Å². The van der Waals surface area contributed by atoms with Crippen LogP contribution in [0.5, 0.6) is 0 Å². The lowest BCUT2D eigenvalue weighted by Crippen LogP contribution is -2.21. The predicted octanol–water partition coefficient (Wildman–Crippen LogP) is 4.29. The summed E-state index contributed by atoms with van der Waals surface area (Å²) in [7, 11) is 0. The van der Waals surface area contributed by atoms with Crippen molar-refractivity contribution in [2.75, 3.05) is 13.1 Å². The minimum Gasteiger partial charge on any atom is -0.422 e. The van der Waals surface area contributed by atoms with E-state index >= 15 is 0 Å². The van der Waals surface area contributed by atoms with Crippen LogP contribution in [0, 0.1) is 0 Å². The quantitative estimate of drug-likeness (QED) is 0.508. The third-order valence-corrected chi connectivity index (χ3v) is 6.41. The summed E-state index contributed by atoms with van der Waals surface area (Å²) in [6.45, 7) is 2.29. The van der Waals surface area contributed by atoms with Crippen molar-refractivity contribution < 1.29 is 9.52 Å². The number of aromatic nitrogens is 1. The molecule has 1 aliphatic rings. The highest BCUT2D eigenvalue weighted by Gasteiger charge is 2.20. The molecule has 2 aromatic heterocycles. The molecular formula is C21H17ClN2O3S. The van der Waals surface area contributed by atoms with Crippen LogP contribution in [0.1, 0.15) is 12.0 Å². The van der Waals surface area contributed by atoms with Crippen LogP contribution in [-0.2, 0) is 6.54 Å². The molecule has 1 aliphatic heterocycles. The van der Waals surface area contributed by atoms with Crippen molar-refractivity contribution in [2.45, 2.75) is 19.1 Å². The number of likely N-dealkylation sites (tertiary alicyclic amines) is 1. The zero-order valence-electron chi connectivity index (χ0n) is 14.9. The van der Waals surface area contributed by atoms with Gasteiger partial charge in [0.1, 0.15) is 16.1 Å². The Balaban J connectivity index is 1.52. The second kappa shape index (κ2) is 6.97. The van der Waals surface area contributed by atoms with Crippen LogP contribution < -0.4 is 5.63 Å². The zero-order chi connectivity index (χ0) is 19.3. The van der Waals surface area contributed by atoms with Crippen molar-refractivity contribution in [3.63, 3.8) is 0 Å². The molecule has 5 nitrogen and oxygen atoms in total. The number of halogens is 1. The Morgan fingerprint density at radius 3 is 2.96 bits per heavy atom. The largest absolute Gasteiger partial charge is 0.422 e. The Bertz CT molecular complexity index is 1250. The molecule has 0 bridgehead atoms. The smallest absolute Gasteiger partial charge is 0.346 e. The first-order valence-electron chi connectivity index (χ1n) is 9.09. The van der Waals surface area contributed by atoms with Crippen molar-refractivity contribution in [2.24, 2.45) is 0 Å². The molecule has 7 heteroatoms. The van der Waals surface area contributed by atoms with Gasteiger partial charge in [-0.2, -0.15) is 0 Å². The number of aliphatic hydroxyl groups is 1. The van der Waals surface area contributed by atoms with Gasteiger partial charge in [-0.3, -0.25) is 4.90 Å². The first kappa shape index (κ1) is 17.8. The zero-order valence-corrected chi connectivity index (χ0v) is 16.5. The van der Waals surface area contributed by atoms with E-state index in [-0.39, 0.29) is 6.10 Å². The summed E-state index contributed by atoms with van der Waals surface area (Å²) >= 11 is 7.64. The molecule has 4 aromatic rings. The van der Waals surface area contributed by atoms with E-state index in [0.717, 1.165) is 35.2 Å². The number of β-amino-alcohol motifs (C(OH)–C–C–N with tert-alkyl or cyclic N) is 1. The maximum atomic E-state index is 12.6. The fourth-order valence-corrected chi connectivity index (χ4v) is 4.92. The highest BCUT2D eigenvalue weighted by Crippen LogP contribution is 2.33. The normalized spacial score (nSPS) is 17.7. The number of hydrogen-bond acceptors (Lipinski definition) is 6. The summed E-state index contributed by atoms with van der Waals surface area (Å²) in [5.74, 6) is 0. The summed E-state index contributed by atoms with van der Waals surface area (Å²) in [5.41, 5.74) is 2.36. The molecule has 0 saturated carbocycles. The first-order valence-corrected chi connectivity index (χ1v) is 10.3. The Morgan fingerprint density at radius 2 is 2.18 bits per heavy atom. The summed E-state index contributed by atoms with van der Waals surface area (Å²) < 4.78 is 6.55. The summed E-state index contributed by atoms with van der Waals surface area (Å²) in [6.07, 6.45) is 0.557. The van der Waals surface area contributed by atoms with Crippen molar-refractivity contribution in [1.29, 1.82) is 0 Å². The van der Waals surface area contributed by atoms with Gasteiger partial charge in [0.15, 0.2) is 0 Å². The van der Waals surface area contributed by atoms with Crippen LogP contribution in [-0.4, -0.2) is 34.2 Å². The fraction of sp³-hybridized carbons (Fsp3) is 0.238. The number of aliphatic hydroxyl groups excluding tert-OH is 1. The second-order valence-electron chi connectivity index (χ2n) is 7.10. The summed E-state index contributed by atoms with van der Waals surface area (Å²) in [4.78, 5) is 19.4. The van der Waals surface area contributed by atoms with Gasteiger partial charge in [0.25, 0.3) is 0 Å². The minimum atomic E-state index is -0.406. The Kier molecular flexibility index (Phi) is 4.44. The summed E-state index contributed by atoms with van der Waals surface area (Å²) in [5, 5.41) is 11.7. The first-order chi connectivity index (χ1) is 13.6. The van der Waals surface area contributed by atoms with Gasteiger partial charge < -0.3 is 9.52 Å². The highest BCUT2D eigenvalue weighted by atomic mass is 35.5. The van der Waals surface area contributed by atoms with Crippen molar-refractivity contribution in [3.8, 4) is 10.6 Å². The van der Waals surface area contributed by atoms with Gasteiger partial charge in [0, 0.05) is 25.0 Å². The van der Waals surface area contributed by atoms with E-state index in [0.29, 0.717) is 33.2 Å². The van der Waals surface area contributed by atoms with Crippen molar-refractivity contribution in [1.82, 2.24) is 9.88 Å². The Hall–Kier alpha value is -2.25. The van der Waals surface area contributed by atoms with Gasteiger partial charge in [0.05, 0.1) is 21.4 Å². The van der Waals surface area contributed by atoms with Crippen LogP contribution in [0.4, 0.5) is 0 Å². The molecule has 1 saturated heterocycles. The molecule has 28 heavy (non-hydrogen) atoms. The van der Waals surface area contributed by atoms with E-state index in [1.165, 1.54) is 11.3 Å². The molecule has 2 aromatic carbocycles. The number of benzene rings is 2. The molecule has 1 unspecified atom stereocenters. The molecule has 0 amide bonds. The molecule has 0 aliphatic carbocycles. The summed E-state index contributed by atoms with van der Waals surface area (Å²) in [6, 6.07) is 13.3. The molecule has 1 N–H and O–H groups in total. The molecule has 3 heterocycles. The van der Waals surface area contributed by atoms with Crippen LogP contribution in [0.3, 0.4) is 0 Å². The van der Waals surface area contributed by atoms with Crippen molar-refractivity contribution in [3.05, 3.63) is 63.5 Å². The molecule has 5 rings (SSSR count). The maximum absolute atomic E-state index is 12.6. The standard InChI is InChI=1S/C21H17ClN2O3S/c22-16-2-1-3-18-19(16)23-20(28-18)15-9-13-5-4-12(8-17(13)27-21(15)26)10-24-7-6-14(25)11-24/h1-5,8-9,14,25H,6-7,10-11H2. The van der Waals surface area contributed by atoms with Gasteiger partial charge in [-0.1, -0.05) is 29.8 Å². The number of nitrogens with zero attached hydrogens (tertiary/aromatic N) is 2. The van der Waals surface area contributed by atoms with E-state index < -0.39 is 5.63 Å². The number of para-hydroxylation sites is 1. The monoisotopic (exact) mass is 412 g/mol. The minimum absolute atomic E-state index is 0.247. The van der Waals surface area contributed by atoms with Gasteiger partial charge in [0.2, 0.25) is 0 Å². The van der Waals surface area contributed by atoms with Gasteiger partial charge in [-0.05, 0) is 36.2 Å². The predicted molar refractivity (Wildman–Crippen MR) is 112 cm³/mol. The van der Waals surface area contributed by atoms with E-state index in [1.54, 1.807) is 6.07 Å². The van der Waals surface area contributed by atoms with Crippen molar-refractivity contribution >= 4 is 44.1 Å². The molecule has 1 fully saturated rings. The number of fused-ring (bicyclic) bond motifs is 2. The lowest BCUT2D eigenvalue weighted by molar-refractivity contribution is 0.175. The SMILES string of the molecule is O=c1oc2cc(CN3CCC(O)C3)ccc2cc1-c1nc2c(Cl)cccc2s1. The van der Waals surface area contributed by atoms with E-state index in [9.17, 15) is 9.90 Å². The average molecular weight is 413 g/mol. The van der Waals surface area contributed by atoms with Crippen LogP contribution in [0.15, 0.2) is 51.7 Å².